The number of aromatic nitrogens is 4. The highest BCUT2D eigenvalue weighted by atomic mass is 19.1. The van der Waals surface area contributed by atoms with Gasteiger partial charge in [-0.1, -0.05) is 23.3 Å². The van der Waals surface area contributed by atoms with E-state index in [1.165, 1.54) is 12.1 Å². The molecule has 0 saturated heterocycles. The Morgan fingerprint density at radius 1 is 1.00 bits per heavy atom. The van der Waals surface area contributed by atoms with Crippen molar-refractivity contribution in [1.82, 2.24) is 20.4 Å². The molecule has 7 nitrogen and oxygen atoms in total. The van der Waals surface area contributed by atoms with E-state index in [-0.39, 0.29) is 5.82 Å². The van der Waals surface area contributed by atoms with Crippen LogP contribution in [-0.4, -0.2) is 20.4 Å². The molecule has 29 heavy (non-hydrogen) atoms. The normalized spacial score (nSPS) is 11.2. The van der Waals surface area contributed by atoms with Crippen LogP contribution in [-0.2, 0) is 13.0 Å². The van der Waals surface area contributed by atoms with E-state index in [0.29, 0.717) is 30.6 Å². The molecule has 0 aliphatic heterocycles. The smallest absolute Gasteiger partial charge is 0.315 e. The summed E-state index contributed by atoms with van der Waals surface area (Å²) < 4.78 is 24.4. The fourth-order valence-electron chi connectivity index (χ4n) is 3.17. The second kappa shape index (κ2) is 7.23. The summed E-state index contributed by atoms with van der Waals surface area (Å²) in [5.74, 6) is 0.906. The molecule has 3 heterocycles. The maximum absolute atomic E-state index is 13.3. The Morgan fingerprint density at radius 3 is 2.83 bits per heavy atom. The summed E-state index contributed by atoms with van der Waals surface area (Å²) in [6.07, 6.45) is 2.10. The van der Waals surface area contributed by atoms with E-state index in [0.717, 1.165) is 27.7 Å². The highest BCUT2D eigenvalue weighted by Crippen LogP contribution is 2.28. The van der Waals surface area contributed by atoms with E-state index < -0.39 is 0 Å². The fourth-order valence-corrected chi connectivity index (χ4v) is 3.17. The van der Waals surface area contributed by atoms with Crippen molar-refractivity contribution in [2.24, 2.45) is 0 Å². The zero-order valence-electron chi connectivity index (χ0n) is 15.2. The van der Waals surface area contributed by atoms with Gasteiger partial charge in [0.25, 0.3) is 0 Å². The van der Waals surface area contributed by atoms with Crippen molar-refractivity contribution in [2.75, 3.05) is 5.32 Å². The van der Waals surface area contributed by atoms with Crippen LogP contribution in [0.3, 0.4) is 0 Å². The Hall–Kier alpha value is -3.94. The van der Waals surface area contributed by atoms with Gasteiger partial charge in [0.15, 0.2) is 5.76 Å². The first-order chi connectivity index (χ1) is 14.2. The Morgan fingerprint density at radius 2 is 1.97 bits per heavy atom. The molecule has 8 heteroatoms. The van der Waals surface area contributed by atoms with E-state index in [4.69, 9.17) is 8.83 Å². The average Bonchev–Trinajstić information content (AvgIpc) is 3.47. The Balaban J connectivity index is 1.32. The Bertz CT molecular complexity index is 1260. The van der Waals surface area contributed by atoms with Gasteiger partial charge in [0.2, 0.25) is 5.89 Å². The zero-order valence-corrected chi connectivity index (χ0v) is 15.2. The minimum atomic E-state index is -0.279. The van der Waals surface area contributed by atoms with Gasteiger partial charge in [-0.15, -0.1) is 5.10 Å². The lowest BCUT2D eigenvalue weighted by molar-refractivity contribution is 0.516. The number of hydrogen-bond donors (Lipinski definition) is 2. The predicted molar refractivity (Wildman–Crippen MR) is 105 cm³/mol. The van der Waals surface area contributed by atoms with Crippen LogP contribution in [0.25, 0.3) is 22.4 Å². The molecular formula is C21H16FN5O2. The third-order valence-corrected chi connectivity index (χ3v) is 4.54. The average molecular weight is 389 g/mol. The van der Waals surface area contributed by atoms with Crippen LogP contribution in [0.2, 0.25) is 0 Å². The molecule has 5 rings (SSSR count). The summed E-state index contributed by atoms with van der Waals surface area (Å²) in [7, 11) is 0. The number of nitrogens with one attached hydrogen (secondary N) is 2. The molecule has 144 valence electrons. The lowest BCUT2D eigenvalue weighted by atomic mass is 10.1. The molecule has 0 unspecified atom stereocenters. The molecular weight excluding hydrogens is 373 g/mol. The van der Waals surface area contributed by atoms with Crippen molar-refractivity contribution in [3.05, 3.63) is 83.7 Å². The molecule has 3 aromatic heterocycles. The molecule has 0 amide bonds. The summed E-state index contributed by atoms with van der Waals surface area (Å²) >= 11 is 0. The zero-order chi connectivity index (χ0) is 19.6. The van der Waals surface area contributed by atoms with E-state index in [2.05, 4.69) is 25.7 Å². The quantitative estimate of drug-likeness (QED) is 0.443. The monoisotopic (exact) mass is 389 g/mol. The van der Waals surface area contributed by atoms with Crippen LogP contribution in [0, 0.1) is 5.82 Å². The molecule has 0 aliphatic carbocycles. The van der Waals surface area contributed by atoms with Crippen LogP contribution in [0.1, 0.15) is 17.0 Å². The van der Waals surface area contributed by atoms with Crippen LogP contribution in [0.15, 0.2) is 69.7 Å². The first-order valence-electron chi connectivity index (χ1n) is 9.06. The summed E-state index contributed by atoms with van der Waals surface area (Å²) in [6.45, 7) is 0.396. The van der Waals surface area contributed by atoms with Crippen molar-refractivity contribution in [1.29, 1.82) is 0 Å². The van der Waals surface area contributed by atoms with Gasteiger partial charge in [-0.05, 0) is 47.5 Å². The van der Waals surface area contributed by atoms with Gasteiger partial charge < -0.3 is 14.2 Å². The van der Waals surface area contributed by atoms with Gasteiger partial charge in [0.05, 0.1) is 18.2 Å². The minimum Gasteiger partial charge on any atom is -0.463 e. The first kappa shape index (κ1) is 17.2. The topological polar surface area (TPSA) is 92.8 Å². The number of H-pyrrole nitrogens is 1. The standard InChI is InChI=1S/C21H16FN5O2/c22-15-4-1-3-14(9-15)12-23-21-27-25-19(29-21)11-13-6-7-17-16(10-13)20(26-24-17)18-5-2-8-28-18/h1-10H,11-12H2,(H,23,27)(H,24,26). The molecule has 0 radical (unpaired) electrons. The number of rotatable bonds is 6. The highest BCUT2D eigenvalue weighted by molar-refractivity contribution is 5.92. The largest absolute Gasteiger partial charge is 0.463 e. The third-order valence-electron chi connectivity index (χ3n) is 4.54. The number of anilines is 1. The van der Waals surface area contributed by atoms with Crippen LogP contribution >= 0.6 is 0 Å². The van der Waals surface area contributed by atoms with Gasteiger partial charge in [-0.3, -0.25) is 5.10 Å². The van der Waals surface area contributed by atoms with Gasteiger partial charge in [0.1, 0.15) is 11.5 Å². The maximum atomic E-state index is 13.3. The molecule has 0 saturated carbocycles. The van der Waals surface area contributed by atoms with Crippen molar-refractivity contribution in [2.45, 2.75) is 13.0 Å². The fraction of sp³-hybridized carbons (Fsp3) is 0.0952. The van der Waals surface area contributed by atoms with Crippen molar-refractivity contribution in [3.63, 3.8) is 0 Å². The number of halogens is 1. The summed E-state index contributed by atoms with van der Waals surface area (Å²) in [5, 5.41) is 19.4. The lowest BCUT2D eigenvalue weighted by Gasteiger charge is -2.01. The molecule has 0 aliphatic rings. The number of benzene rings is 2. The van der Waals surface area contributed by atoms with Crippen LogP contribution in [0.5, 0.6) is 0 Å². The van der Waals surface area contributed by atoms with Gasteiger partial charge >= 0.3 is 6.01 Å². The van der Waals surface area contributed by atoms with E-state index in [1.807, 2.05) is 36.4 Å². The van der Waals surface area contributed by atoms with Crippen LogP contribution in [0.4, 0.5) is 10.4 Å². The van der Waals surface area contributed by atoms with E-state index in [1.54, 1.807) is 12.3 Å². The van der Waals surface area contributed by atoms with Crippen molar-refractivity contribution < 1.29 is 13.2 Å². The van der Waals surface area contributed by atoms with Crippen LogP contribution < -0.4 is 5.32 Å². The molecule has 2 N–H and O–H groups in total. The Kier molecular flexibility index (Phi) is 4.28. The Labute approximate surface area is 164 Å². The van der Waals surface area contributed by atoms with Crippen molar-refractivity contribution in [3.8, 4) is 11.5 Å². The highest BCUT2D eigenvalue weighted by Gasteiger charge is 2.13. The van der Waals surface area contributed by atoms with E-state index in [9.17, 15) is 4.39 Å². The second-order valence-electron chi connectivity index (χ2n) is 6.59. The van der Waals surface area contributed by atoms with Gasteiger partial charge in [-0.25, -0.2) is 4.39 Å². The number of fused-ring (bicyclic) bond motifs is 1. The van der Waals surface area contributed by atoms with E-state index >= 15 is 0 Å². The summed E-state index contributed by atoms with van der Waals surface area (Å²) in [4.78, 5) is 0. The van der Waals surface area contributed by atoms with Crippen molar-refractivity contribution >= 4 is 16.9 Å². The number of nitrogens with zero attached hydrogens (tertiary/aromatic N) is 3. The molecule has 0 atom stereocenters. The SMILES string of the molecule is Fc1cccc(CNc2nnc(Cc3ccc4[nH]nc(-c5ccco5)c4c3)o2)c1. The number of furan rings is 1. The summed E-state index contributed by atoms with van der Waals surface area (Å²) in [6, 6.07) is 16.3. The minimum absolute atomic E-state index is 0.279. The molecule has 2 aromatic carbocycles. The molecule has 0 bridgehead atoms. The summed E-state index contributed by atoms with van der Waals surface area (Å²) in [5.41, 5.74) is 3.48. The maximum Gasteiger partial charge on any atom is 0.315 e. The number of hydrogen-bond acceptors (Lipinski definition) is 6. The predicted octanol–water partition coefficient (Wildman–Crippen LogP) is 4.55. The lowest BCUT2D eigenvalue weighted by Crippen LogP contribution is -1.99. The number of aromatic amines is 1. The van der Waals surface area contributed by atoms with Gasteiger partial charge in [0, 0.05) is 11.9 Å². The molecule has 0 spiro atoms. The molecule has 5 aromatic rings. The van der Waals surface area contributed by atoms with Gasteiger partial charge in [-0.2, -0.15) is 5.10 Å². The molecule has 0 fully saturated rings. The second-order valence-corrected chi connectivity index (χ2v) is 6.59. The third kappa shape index (κ3) is 3.60. The first-order valence-corrected chi connectivity index (χ1v) is 9.06.